The molecule has 0 bridgehead atoms. The SMILES string of the molecule is CCNC(=O)c1ccc(NC(C)COC)c([N+](=O)[O-])c1. The molecule has 1 atom stereocenters. The van der Waals surface area contributed by atoms with Crippen molar-refractivity contribution in [1.82, 2.24) is 5.32 Å². The van der Waals surface area contributed by atoms with E-state index in [1.54, 1.807) is 20.1 Å². The number of methoxy groups -OCH3 is 1. The molecule has 1 aromatic carbocycles. The lowest BCUT2D eigenvalue weighted by molar-refractivity contribution is -0.384. The maximum atomic E-state index is 11.7. The van der Waals surface area contributed by atoms with Crippen LogP contribution in [-0.2, 0) is 4.74 Å². The van der Waals surface area contributed by atoms with Gasteiger partial charge in [-0.3, -0.25) is 14.9 Å². The van der Waals surface area contributed by atoms with Gasteiger partial charge in [0, 0.05) is 31.3 Å². The number of amides is 1. The number of nitro benzene ring substituents is 1. The lowest BCUT2D eigenvalue weighted by atomic mass is 10.1. The number of carbonyl (C=O) groups is 1. The third-order valence-corrected chi connectivity index (χ3v) is 2.61. The minimum absolute atomic E-state index is 0.0750. The first-order valence-corrected chi connectivity index (χ1v) is 6.31. The third kappa shape index (κ3) is 4.20. The Morgan fingerprint density at radius 3 is 2.75 bits per heavy atom. The van der Waals surface area contributed by atoms with E-state index in [1.165, 1.54) is 12.1 Å². The van der Waals surface area contributed by atoms with Crippen LogP contribution in [0.2, 0.25) is 0 Å². The van der Waals surface area contributed by atoms with Crippen molar-refractivity contribution in [2.45, 2.75) is 19.9 Å². The van der Waals surface area contributed by atoms with Crippen LogP contribution in [0.1, 0.15) is 24.2 Å². The number of nitro groups is 1. The molecule has 7 nitrogen and oxygen atoms in total. The predicted octanol–water partition coefficient (Wildman–Crippen LogP) is 1.79. The third-order valence-electron chi connectivity index (χ3n) is 2.61. The summed E-state index contributed by atoms with van der Waals surface area (Å²) in [6.07, 6.45) is 0. The van der Waals surface area contributed by atoms with Crippen molar-refractivity contribution in [3.05, 3.63) is 33.9 Å². The number of hydrogen-bond donors (Lipinski definition) is 2. The molecule has 1 rings (SSSR count). The van der Waals surface area contributed by atoms with Gasteiger partial charge in [-0.2, -0.15) is 0 Å². The predicted molar refractivity (Wildman–Crippen MR) is 76.1 cm³/mol. The maximum Gasteiger partial charge on any atom is 0.293 e. The van der Waals surface area contributed by atoms with E-state index < -0.39 is 4.92 Å². The van der Waals surface area contributed by atoms with Gasteiger partial charge in [-0.1, -0.05) is 0 Å². The van der Waals surface area contributed by atoms with Gasteiger partial charge in [0.1, 0.15) is 5.69 Å². The number of nitrogens with one attached hydrogen (secondary N) is 2. The Labute approximate surface area is 117 Å². The van der Waals surface area contributed by atoms with Gasteiger partial charge in [0.05, 0.1) is 11.5 Å². The summed E-state index contributed by atoms with van der Waals surface area (Å²) in [7, 11) is 1.56. The van der Waals surface area contributed by atoms with Crippen LogP contribution in [0.15, 0.2) is 18.2 Å². The number of rotatable bonds is 7. The average molecular weight is 281 g/mol. The summed E-state index contributed by atoms with van der Waals surface area (Å²) in [5.74, 6) is -0.327. The van der Waals surface area contributed by atoms with Crippen molar-refractivity contribution in [2.24, 2.45) is 0 Å². The number of ether oxygens (including phenoxy) is 1. The highest BCUT2D eigenvalue weighted by Crippen LogP contribution is 2.26. The van der Waals surface area contributed by atoms with Crippen LogP contribution in [0.25, 0.3) is 0 Å². The molecule has 1 aromatic rings. The van der Waals surface area contributed by atoms with E-state index in [4.69, 9.17) is 4.74 Å². The lowest BCUT2D eigenvalue weighted by Crippen LogP contribution is -2.23. The van der Waals surface area contributed by atoms with Crippen LogP contribution in [0.4, 0.5) is 11.4 Å². The van der Waals surface area contributed by atoms with Crippen LogP contribution < -0.4 is 10.6 Å². The summed E-state index contributed by atoms with van der Waals surface area (Å²) in [6, 6.07) is 4.29. The molecule has 0 aliphatic carbocycles. The first kappa shape index (κ1) is 15.9. The molecule has 1 unspecified atom stereocenters. The first-order valence-electron chi connectivity index (χ1n) is 6.31. The topological polar surface area (TPSA) is 93.5 Å². The Morgan fingerprint density at radius 2 is 2.20 bits per heavy atom. The Hall–Kier alpha value is -2.15. The van der Waals surface area contributed by atoms with Gasteiger partial charge in [-0.15, -0.1) is 0 Å². The molecular formula is C13H19N3O4. The summed E-state index contributed by atoms with van der Waals surface area (Å²) in [6.45, 7) is 4.53. The maximum absolute atomic E-state index is 11.7. The Balaban J connectivity index is 3.02. The Bertz CT molecular complexity index is 491. The fourth-order valence-corrected chi connectivity index (χ4v) is 1.77. The largest absolute Gasteiger partial charge is 0.383 e. The normalized spacial score (nSPS) is 11.8. The van der Waals surface area contributed by atoms with E-state index in [0.29, 0.717) is 18.8 Å². The van der Waals surface area contributed by atoms with E-state index in [0.717, 1.165) is 0 Å². The van der Waals surface area contributed by atoms with Crippen molar-refractivity contribution in [3.8, 4) is 0 Å². The Morgan fingerprint density at radius 1 is 1.50 bits per heavy atom. The Kier molecular flexibility index (Phi) is 5.92. The van der Waals surface area contributed by atoms with E-state index in [1.807, 2.05) is 6.92 Å². The highest BCUT2D eigenvalue weighted by Gasteiger charge is 2.18. The smallest absolute Gasteiger partial charge is 0.293 e. The molecular weight excluding hydrogens is 262 g/mol. The first-order chi connectivity index (χ1) is 9.49. The van der Waals surface area contributed by atoms with Crippen LogP contribution in [0.5, 0.6) is 0 Å². The molecule has 2 N–H and O–H groups in total. The molecule has 0 spiro atoms. The molecule has 7 heteroatoms. The van der Waals surface area contributed by atoms with Gasteiger partial charge in [0.2, 0.25) is 0 Å². The molecule has 0 saturated carbocycles. The van der Waals surface area contributed by atoms with Crippen LogP contribution >= 0.6 is 0 Å². The number of nitrogens with zero attached hydrogens (tertiary/aromatic N) is 1. The molecule has 0 aromatic heterocycles. The summed E-state index contributed by atoms with van der Waals surface area (Å²) in [5.41, 5.74) is 0.507. The summed E-state index contributed by atoms with van der Waals surface area (Å²) >= 11 is 0. The summed E-state index contributed by atoms with van der Waals surface area (Å²) in [4.78, 5) is 22.3. The summed E-state index contributed by atoms with van der Waals surface area (Å²) in [5, 5.41) is 16.7. The quantitative estimate of drug-likeness (QED) is 0.587. The van der Waals surface area contributed by atoms with Gasteiger partial charge in [-0.05, 0) is 26.0 Å². The average Bonchev–Trinajstić information content (AvgIpc) is 2.39. The monoisotopic (exact) mass is 281 g/mol. The number of benzene rings is 1. The van der Waals surface area contributed by atoms with Crippen LogP contribution in [-0.4, -0.2) is 37.1 Å². The second-order valence-electron chi connectivity index (χ2n) is 4.35. The van der Waals surface area contributed by atoms with Gasteiger partial charge in [0.15, 0.2) is 0 Å². The van der Waals surface area contributed by atoms with Crippen molar-refractivity contribution in [3.63, 3.8) is 0 Å². The lowest BCUT2D eigenvalue weighted by Gasteiger charge is -2.14. The molecule has 20 heavy (non-hydrogen) atoms. The second kappa shape index (κ2) is 7.44. The van der Waals surface area contributed by atoms with Gasteiger partial charge in [0.25, 0.3) is 11.6 Å². The molecule has 0 fully saturated rings. The van der Waals surface area contributed by atoms with Gasteiger partial charge >= 0.3 is 0 Å². The molecule has 0 heterocycles. The van der Waals surface area contributed by atoms with Crippen molar-refractivity contribution >= 4 is 17.3 Å². The fraction of sp³-hybridized carbons (Fsp3) is 0.462. The number of carbonyl (C=O) groups excluding carboxylic acids is 1. The number of hydrogen-bond acceptors (Lipinski definition) is 5. The van der Waals surface area contributed by atoms with E-state index in [9.17, 15) is 14.9 Å². The second-order valence-corrected chi connectivity index (χ2v) is 4.35. The molecule has 110 valence electrons. The summed E-state index contributed by atoms with van der Waals surface area (Å²) < 4.78 is 4.97. The fourth-order valence-electron chi connectivity index (χ4n) is 1.77. The van der Waals surface area contributed by atoms with Crippen molar-refractivity contribution < 1.29 is 14.5 Å². The van der Waals surface area contributed by atoms with E-state index in [-0.39, 0.29) is 23.2 Å². The van der Waals surface area contributed by atoms with Gasteiger partial charge < -0.3 is 15.4 Å². The minimum atomic E-state index is -0.509. The van der Waals surface area contributed by atoms with E-state index in [2.05, 4.69) is 10.6 Å². The highest BCUT2D eigenvalue weighted by atomic mass is 16.6. The molecule has 0 aliphatic heterocycles. The molecule has 0 saturated heterocycles. The van der Waals surface area contributed by atoms with Crippen molar-refractivity contribution in [1.29, 1.82) is 0 Å². The highest BCUT2D eigenvalue weighted by molar-refractivity contribution is 5.95. The molecule has 0 radical (unpaired) electrons. The zero-order valence-electron chi connectivity index (χ0n) is 11.8. The minimum Gasteiger partial charge on any atom is -0.383 e. The molecule has 1 amide bonds. The number of anilines is 1. The zero-order chi connectivity index (χ0) is 15.1. The van der Waals surface area contributed by atoms with E-state index >= 15 is 0 Å². The van der Waals surface area contributed by atoms with Crippen molar-refractivity contribution in [2.75, 3.05) is 25.6 Å². The molecule has 0 aliphatic rings. The van der Waals surface area contributed by atoms with Crippen LogP contribution in [0, 0.1) is 10.1 Å². The van der Waals surface area contributed by atoms with Gasteiger partial charge in [-0.25, -0.2) is 0 Å². The zero-order valence-corrected chi connectivity index (χ0v) is 11.8. The van der Waals surface area contributed by atoms with Crippen LogP contribution in [0.3, 0.4) is 0 Å². The standard InChI is InChI=1S/C13H19N3O4/c1-4-14-13(17)10-5-6-11(12(7-10)16(18)19)15-9(2)8-20-3/h5-7,9,15H,4,8H2,1-3H3,(H,14,17).